The van der Waals surface area contributed by atoms with Crippen molar-refractivity contribution in [2.24, 2.45) is 4.99 Å². The molecule has 10 nitrogen and oxygen atoms in total. The van der Waals surface area contributed by atoms with Gasteiger partial charge in [-0.2, -0.15) is 0 Å². The number of nitrogens with zero attached hydrogens (tertiary/aromatic N) is 2. The highest BCUT2D eigenvalue weighted by atomic mass is 32.1. The molecule has 0 saturated heterocycles. The van der Waals surface area contributed by atoms with Crippen molar-refractivity contribution in [3.05, 3.63) is 102 Å². The molecule has 228 valence electrons. The van der Waals surface area contributed by atoms with Crippen LogP contribution in [0.2, 0.25) is 0 Å². The normalized spacial score (nSPS) is 14.6. The smallest absolute Gasteiger partial charge is 0.338 e. The summed E-state index contributed by atoms with van der Waals surface area (Å²) < 4.78 is 29.5. The number of esters is 2. The van der Waals surface area contributed by atoms with Crippen LogP contribution in [0.25, 0.3) is 17.4 Å². The maximum absolute atomic E-state index is 14.1. The number of furan rings is 1. The quantitative estimate of drug-likeness (QED) is 0.237. The summed E-state index contributed by atoms with van der Waals surface area (Å²) in [6.07, 6.45) is 2.85. The van der Waals surface area contributed by atoms with Crippen molar-refractivity contribution in [1.82, 2.24) is 4.57 Å². The zero-order valence-electron chi connectivity index (χ0n) is 25.0. The minimum atomic E-state index is -0.877. The van der Waals surface area contributed by atoms with Crippen molar-refractivity contribution in [2.75, 3.05) is 27.9 Å². The molecule has 4 aromatic rings. The van der Waals surface area contributed by atoms with E-state index in [4.69, 9.17) is 28.4 Å². The van der Waals surface area contributed by atoms with Gasteiger partial charge in [0.2, 0.25) is 0 Å². The molecular weight excluding hydrogens is 584 g/mol. The number of hydrogen-bond acceptors (Lipinski definition) is 10. The van der Waals surface area contributed by atoms with Crippen LogP contribution in [0.4, 0.5) is 0 Å². The highest BCUT2D eigenvalue weighted by Crippen LogP contribution is 2.38. The third-order valence-electron chi connectivity index (χ3n) is 7.12. The Morgan fingerprint density at radius 1 is 1.02 bits per heavy atom. The number of fused-ring (bicyclic) bond motifs is 1. The lowest BCUT2D eigenvalue weighted by Crippen LogP contribution is -2.40. The highest BCUT2D eigenvalue weighted by Gasteiger charge is 2.36. The van der Waals surface area contributed by atoms with Crippen molar-refractivity contribution in [3.63, 3.8) is 0 Å². The summed E-state index contributed by atoms with van der Waals surface area (Å²) in [6, 6.07) is 14.8. The molecule has 0 fully saturated rings. The Morgan fingerprint density at radius 3 is 2.52 bits per heavy atom. The summed E-state index contributed by atoms with van der Waals surface area (Å²) in [5.74, 6) is 0.821. The fourth-order valence-electron chi connectivity index (χ4n) is 5.16. The van der Waals surface area contributed by atoms with E-state index >= 15 is 0 Å². The minimum Gasteiger partial charge on any atom is -0.497 e. The average Bonchev–Trinajstić information content (AvgIpc) is 3.63. The predicted octanol–water partition coefficient (Wildman–Crippen LogP) is 4.64. The average molecular weight is 617 g/mol. The van der Waals surface area contributed by atoms with Gasteiger partial charge in [0.15, 0.2) is 4.80 Å². The van der Waals surface area contributed by atoms with Crippen LogP contribution in [-0.4, -0.2) is 44.4 Å². The van der Waals surface area contributed by atoms with Crippen molar-refractivity contribution in [2.45, 2.75) is 32.7 Å². The Hall–Kier alpha value is -4.90. The van der Waals surface area contributed by atoms with E-state index in [1.165, 1.54) is 30.1 Å². The monoisotopic (exact) mass is 616 g/mol. The molecule has 11 heteroatoms. The molecule has 2 aromatic heterocycles. The second kappa shape index (κ2) is 13.2. The van der Waals surface area contributed by atoms with E-state index in [9.17, 15) is 14.4 Å². The van der Waals surface area contributed by atoms with Crippen LogP contribution in [0.3, 0.4) is 0 Å². The molecule has 0 radical (unpaired) electrons. The molecule has 0 N–H and O–H groups in total. The van der Waals surface area contributed by atoms with Gasteiger partial charge >= 0.3 is 11.9 Å². The third kappa shape index (κ3) is 5.70. The van der Waals surface area contributed by atoms with Crippen LogP contribution >= 0.6 is 11.3 Å². The molecular formula is C33H32N2O8S. The van der Waals surface area contributed by atoms with Crippen LogP contribution in [-0.2, 0) is 14.3 Å². The lowest BCUT2D eigenvalue weighted by Gasteiger charge is -2.27. The summed E-state index contributed by atoms with van der Waals surface area (Å²) in [4.78, 5) is 45.2. The molecule has 1 aliphatic rings. The molecule has 5 rings (SSSR count). The number of hydrogen-bond donors (Lipinski definition) is 0. The van der Waals surface area contributed by atoms with E-state index in [-0.39, 0.29) is 17.7 Å². The van der Waals surface area contributed by atoms with Gasteiger partial charge in [0.25, 0.3) is 5.56 Å². The highest BCUT2D eigenvalue weighted by molar-refractivity contribution is 7.07. The summed E-state index contributed by atoms with van der Waals surface area (Å²) >= 11 is 1.19. The third-order valence-corrected chi connectivity index (χ3v) is 8.10. The Balaban J connectivity index is 1.71. The first-order valence-electron chi connectivity index (χ1n) is 14.1. The van der Waals surface area contributed by atoms with Gasteiger partial charge < -0.3 is 23.4 Å². The number of thiazole rings is 1. The maximum Gasteiger partial charge on any atom is 0.338 e. The molecule has 3 heterocycles. The van der Waals surface area contributed by atoms with Crippen molar-refractivity contribution in [1.29, 1.82) is 0 Å². The maximum atomic E-state index is 14.1. The van der Waals surface area contributed by atoms with Crippen LogP contribution in [0.5, 0.6) is 11.5 Å². The van der Waals surface area contributed by atoms with Gasteiger partial charge in [-0.25, -0.2) is 14.6 Å². The van der Waals surface area contributed by atoms with E-state index in [1.54, 1.807) is 74.7 Å². The number of aromatic nitrogens is 1. The fraction of sp³-hybridized carbons (Fsp3) is 0.273. The summed E-state index contributed by atoms with van der Waals surface area (Å²) in [5.41, 5.74) is 1.94. The summed E-state index contributed by atoms with van der Waals surface area (Å²) in [6.45, 7) is 3.89. The number of benzene rings is 2. The Kier molecular flexibility index (Phi) is 9.15. The largest absolute Gasteiger partial charge is 0.497 e. The molecule has 0 saturated carbocycles. The molecule has 44 heavy (non-hydrogen) atoms. The van der Waals surface area contributed by atoms with Crippen molar-refractivity contribution in [3.8, 4) is 22.8 Å². The van der Waals surface area contributed by atoms with Gasteiger partial charge in [0, 0.05) is 17.2 Å². The zero-order chi connectivity index (χ0) is 31.4. The minimum absolute atomic E-state index is 0.161. The second-order valence-corrected chi connectivity index (χ2v) is 10.8. The topological polar surface area (TPSA) is 119 Å². The van der Waals surface area contributed by atoms with Gasteiger partial charge in [-0.05, 0) is 49.7 Å². The summed E-state index contributed by atoms with van der Waals surface area (Å²) in [7, 11) is 4.39. The van der Waals surface area contributed by atoms with Crippen LogP contribution in [0.15, 0.2) is 80.1 Å². The zero-order valence-corrected chi connectivity index (χ0v) is 25.9. The number of carbonyl (C=O) groups excluding carboxylic acids is 2. The Bertz CT molecular complexity index is 1930. The van der Waals surface area contributed by atoms with E-state index < -0.39 is 18.0 Å². The number of allylic oxidation sites excluding steroid dienone is 1. The van der Waals surface area contributed by atoms with E-state index in [2.05, 4.69) is 0 Å². The first kappa shape index (κ1) is 30.6. The first-order valence-corrected chi connectivity index (χ1v) is 14.9. The summed E-state index contributed by atoms with van der Waals surface area (Å²) in [5, 5.41) is 0. The van der Waals surface area contributed by atoms with Crippen LogP contribution in [0, 0.1) is 0 Å². The van der Waals surface area contributed by atoms with Gasteiger partial charge in [-0.3, -0.25) is 9.36 Å². The number of carbonyl (C=O) groups is 2. The van der Waals surface area contributed by atoms with Crippen LogP contribution in [0.1, 0.15) is 54.4 Å². The van der Waals surface area contributed by atoms with Gasteiger partial charge in [0.1, 0.15) is 29.1 Å². The van der Waals surface area contributed by atoms with E-state index in [0.29, 0.717) is 61.2 Å². The molecule has 2 aromatic carbocycles. The number of rotatable bonds is 10. The van der Waals surface area contributed by atoms with E-state index in [1.807, 2.05) is 6.92 Å². The standard InChI is InChI=1S/C33H32N2O8S/c1-6-10-24-28(32(38)42-7-2)29(23-17-19(39-3)13-15-25(23)40-4)35-30(36)27(44-33(35)34-24)18-20-14-16-26(43-20)21-11-8-9-12-22(21)31(37)41-5/h8-9,11-18,29H,6-7,10H2,1-5H3/b27-18-/t29-/m0/s1. The van der Waals surface area contributed by atoms with Crippen molar-refractivity contribution >= 4 is 29.4 Å². The molecule has 0 bridgehead atoms. The molecule has 0 amide bonds. The molecule has 0 spiro atoms. The molecule has 1 aliphatic heterocycles. The fourth-order valence-corrected chi connectivity index (χ4v) is 6.16. The SMILES string of the molecule is CCCC1=C(C(=O)OCC)[C@H](c2cc(OC)ccc2OC)n2c(s/c(=C\c3ccc(-c4ccccc4C(=O)OC)o3)c2=O)=N1. The van der Waals surface area contributed by atoms with Gasteiger partial charge in [-0.1, -0.05) is 42.9 Å². The Morgan fingerprint density at radius 2 is 1.82 bits per heavy atom. The molecule has 0 unspecified atom stereocenters. The Labute approximate surface area is 257 Å². The second-order valence-electron chi connectivity index (χ2n) is 9.76. The molecule has 0 aliphatic carbocycles. The van der Waals surface area contributed by atoms with Crippen molar-refractivity contribution < 1.29 is 33.0 Å². The first-order chi connectivity index (χ1) is 21.3. The van der Waals surface area contributed by atoms with Gasteiger partial charge in [-0.15, -0.1) is 0 Å². The lowest BCUT2D eigenvalue weighted by molar-refractivity contribution is -0.139. The number of ether oxygens (including phenoxy) is 4. The van der Waals surface area contributed by atoms with Gasteiger partial charge in [0.05, 0.1) is 49.3 Å². The molecule has 1 atom stereocenters. The predicted molar refractivity (Wildman–Crippen MR) is 165 cm³/mol. The number of methoxy groups -OCH3 is 3. The van der Waals surface area contributed by atoms with Crippen LogP contribution < -0.4 is 24.4 Å². The van der Waals surface area contributed by atoms with E-state index in [0.717, 1.165) is 6.42 Å². The lowest BCUT2D eigenvalue weighted by atomic mass is 9.93.